The standard InChI is InChI=1S/C13H16FN3O3S/c1-13(2,12(18)17(3)4)16-21(19,20)10-5-6-11(14)9(7-10)8-15/h5-7,16H,1-4H3. The SMILES string of the molecule is CN(C)C(=O)C(C)(C)NS(=O)(=O)c1ccc(F)c(C#N)c1. The predicted octanol–water partition coefficient (Wildman–Crippen LogP) is 0.842. The highest BCUT2D eigenvalue weighted by Gasteiger charge is 2.34. The van der Waals surface area contributed by atoms with Crippen molar-refractivity contribution in [1.82, 2.24) is 9.62 Å². The Morgan fingerprint density at radius 3 is 2.43 bits per heavy atom. The van der Waals surface area contributed by atoms with Crippen LogP contribution < -0.4 is 4.72 Å². The molecule has 0 atom stereocenters. The zero-order valence-electron chi connectivity index (χ0n) is 12.1. The Hall–Kier alpha value is -1.98. The molecule has 21 heavy (non-hydrogen) atoms. The van der Waals surface area contributed by atoms with Crippen molar-refractivity contribution in [3.63, 3.8) is 0 Å². The van der Waals surface area contributed by atoms with E-state index in [9.17, 15) is 17.6 Å². The van der Waals surface area contributed by atoms with Gasteiger partial charge in [-0.25, -0.2) is 12.8 Å². The molecule has 0 saturated heterocycles. The first-order chi connectivity index (χ1) is 9.51. The zero-order valence-corrected chi connectivity index (χ0v) is 13.0. The maximum Gasteiger partial charge on any atom is 0.242 e. The molecule has 1 amide bonds. The molecule has 0 aliphatic heterocycles. The summed E-state index contributed by atoms with van der Waals surface area (Å²) >= 11 is 0. The second kappa shape index (κ2) is 5.79. The number of hydrogen-bond acceptors (Lipinski definition) is 4. The molecule has 0 aliphatic rings. The maximum atomic E-state index is 13.2. The Morgan fingerprint density at radius 1 is 1.38 bits per heavy atom. The number of hydrogen-bond donors (Lipinski definition) is 1. The van der Waals surface area contributed by atoms with Crippen LogP contribution in [0, 0.1) is 17.1 Å². The lowest BCUT2D eigenvalue weighted by molar-refractivity contribution is -0.133. The van der Waals surface area contributed by atoms with Crippen LogP contribution in [0.3, 0.4) is 0 Å². The number of nitrogens with zero attached hydrogens (tertiary/aromatic N) is 2. The van der Waals surface area contributed by atoms with Crippen molar-refractivity contribution in [2.45, 2.75) is 24.3 Å². The molecule has 0 spiro atoms. The summed E-state index contributed by atoms with van der Waals surface area (Å²) in [5, 5.41) is 8.74. The third kappa shape index (κ3) is 3.77. The van der Waals surface area contributed by atoms with Crippen molar-refractivity contribution < 1.29 is 17.6 Å². The number of nitriles is 1. The minimum atomic E-state index is -4.06. The molecule has 8 heteroatoms. The van der Waals surface area contributed by atoms with Crippen LogP contribution in [0.1, 0.15) is 19.4 Å². The molecule has 0 unspecified atom stereocenters. The number of halogens is 1. The lowest BCUT2D eigenvalue weighted by atomic mass is 10.1. The van der Waals surface area contributed by atoms with E-state index in [0.717, 1.165) is 18.2 Å². The van der Waals surface area contributed by atoms with E-state index in [1.165, 1.54) is 32.8 Å². The first-order valence-electron chi connectivity index (χ1n) is 5.96. The molecule has 0 aliphatic carbocycles. The monoisotopic (exact) mass is 313 g/mol. The number of nitrogens with one attached hydrogen (secondary N) is 1. The number of benzene rings is 1. The number of rotatable bonds is 4. The van der Waals surface area contributed by atoms with E-state index < -0.39 is 27.3 Å². The van der Waals surface area contributed by atoms with Gasteiger partial charge in [-0.1, -0.05) is 0 Å². The predicted molar refractivity (Wildman–Crippen MR) is 74.2 cm³/mol. The van der Waals surface area contributed by atoms with Crippen molar-refractivity contribution in [3.8, 4) is 6.07 Å². The topological polar surface area (TPSA) is 90.3 Å². The van der Waals surface area contributed by atoms with Crippen LogP contribution in [-0.4, -0.2) is 38.9 Å². The van der Waals surface area contributed by atoms with E-state index in [4.69, 9.17) is 5.26 Å². The average Bonchev–Trinajstić information content (AvgIpc) is 2.36. The van der Waals surface area contributed by atoms with Crippen molar-refractivity contribution in [1.29, 1.82) is 5.26 Å². The summed E-state index contributed by atoms with van der Waals surface area (Å²) < 4.78 is 40.0. The van der Waals surface area contributed by atoms with Gasteiger partial charge in [-0.3, -0.25) is 4.79 Å². The fraction of sp³-hybridized carbons (Fsp3) is 0.385. The smallest absolute Gasteiger partial charge is 0.242 e. The van der Waals surface area contributed by atoms with Gasteiger partial charge in [0.2, 0.25) is 15.9 Å². The molecule has 1 aromatic rings. The van der Waals surface area contributed by atoms with Crippen LogP contribution in [-0.2, 0) is 14.8 Å². The van der Waals surface area contributed by atoms with Crippen LogP contribution in [0.25, 0.3) is 0 Å². The molecule has 1 aromatic carbocycles. The maximum absolute atomic E-state index is 13.2. The summed E-state index contributed by atoms with van der Waals surface area (Å²) in [5.41, 5.74) is -1.75. The number of carbonyl (C=O) groups excluding carboxylic acids is 1. The summed E-state index contributed by atoms with van der Waals surface area (Å²) in [6, 6.07) is 4.43. The average molecular weight is 313 g/mol. The van der Waals surface area contributed by atoms with Crippen molar-refractivity contribution >= 4 is 15.9 Å². The van der Waals surface area contributed by atoms with E-state index in [0.29, 0.717) is 0 Å². The van der Waals surface area contributed by atoms with Gasteiger partial charge in [0.15, 0.2) is 0 Å². The molecule has 0 fully saturated rings. The Labute approximate surface area is 123 Å². The van der Waals surface area contributed by atoms with Gasteiger partial charge in [-0.15, -0.1) is 0 Å². The summed E-state index contributed by atoms with van der Waals surface area (Å²) in [7, 11) is -1.05. The zero-order chi connectivity index (χ0) is 16.4. The summed E-state index contributed by atoms with van der Waals surface area (Å²) in [6.07, 6.45) is 0. The van der Waals surface area contributed by atoms with E-state index in [-0.39, 0.29) is 10.5 Å². The number of carbonyl (C=O) groups is 1. The van der Waals surface area contributed by atoms with Gasteiger partial charge in [0.1, 0.15) is 17.4 Å². The fourth-order valence-corrected chi connectivity index (χ4v) is 3.15. The van der Waals surface area contributed by atoms with Crippen LogP contribution in [0.4, 0.5) is 4.39 Å². The highest BCUT2D eigenvalue weighted by Crippen LogP contribution is 2.17. The second-order valence-electron chi connectivity index (χ2n) is 5.18. The minimum Gasteiger partial charge on any atom is -0.347 e. The molecule has 114 valence electrons. The van der Waals surface area contributed by atoms with Gasteiger partial charge < -0.3 is 4.90 Å². The quantitative estimate of drug-likeness (QED) is 0.892. The Bertz CT molecular complexity index is 706. The van der Waals surface area contributed by atoms with E-state index >= 15 is 0 Å². The normalized spacial score (nSPS) is 11.8. The molecule has 1 N–H and O–H groups in total. The van der Waals surface area contributed by atoms with E-state index in [1.807, 2.05) is 0 Å². The molecular formula is C13H16FN3O3S. The lowest BCUT2D eigenvalue weighted by Gasteiger charge is -2.27. The number of amides is 1. The van der Waals surface area contributed by atoms with E-state index in [2.05, 4.69) is 4.72 Å². The fourth-order valence-electron chi connectivity index (χ4n) is 1.75. The number of likely N-dealkylation sites (N-methyl/N-ethyl adjacent to an activating group) is 1. The van der Waals surface area contributed by atoms with Gasteiger partial charge >= 0.3 is 0 Å². The van der Waals surface area contributed by atoms with Crippen LogP contribution in [0.2, 0.25) is 0 Å². The van der Waals surface area contributed by atoms with Crippen molar-refractivity contribution in [2.75, 3.05) is 14.1 Å². The van der Waals surface area contributed by atoms with Gasteiger partial charge in [0.05, 0.1) is 10.5 Å². The third-order valence-corrected chi connectivity index (χ3v) is 4.35. The van der Waals surface area contributed by atoms with Crippen LogP contribution in [0.15, 0.2) is 23.1 Å². The molecular weight excluding hydrogens is 297 g/mol. The van der Waals surface area contributed by atoms with Crippen molar-refractivity contribution in [2.24, 2.45) is 0 Å². The van der Waals surface area contributed by atoms with Crippen LogP contribution in [0.5, 0.6) is 0 Å². The molecule has 0 heterocycles. The highest BCUT2D eigenvalue weighted by molar-refractivity contribution is 7.89. The summed E-state index contributed by atoms with van der Waals surface area (Å²) in [4.78, 5) is 12.9. The molecule has 0 aromatic heterocycles. The molecule has 1 rings (SSSR count). The van der Waals surface area contributed by atoms with Gasteiger partial charge in [-0.2, -0.15) is 9.98 Å². The second-order valence-corrected chi connectivity index (χ2v) is 6.87. The lowest BCUT2D eigenvalue weighted by Crippen LogP contribution is -2.54. The molecule has 6 nitrogen and oxygen atoms in total. The Morgan fingerprint density at radius 2 is 1.95 bits per heavy atom. The minimum absolute atomic E-state index is 0.278. The molecule has 0 saturated carbocycles. The molecule has 0 bridgehead atoms. The van der Waals surface area contributed by atoms with Gasteiger partial charge in [-0.05, 0) is 32.0 Å². The first-order valence-corrected chi connectivity index (χ1v) is 7.45. The van der Waals surface area contributed by atoms with Gasteiger partial charge in [0.25, 0.3) is 0 Å². The molecule has 0 radical (unpaired) electrons. The van der Waals surface area contributed by atoms with Crippen LogP contribution >= 0.6 is 0 Å². The third-order valence-electron chi connectivity index (χ3n) is 2.70. The van der Waals surface area contributed by atoms with Gasteiger partial charge in [0, 0.05) is 14.1 Å². The van der Waals surface area contributed by atoms with E-state index in [1.54, 1.807) is 6.07 Å². The Kier molecular flexibility index (Phi) is 4.71. The summed E-state index contributed by atoms with van der Waals surface area (Å²) in [5.74, 6) is -1.24. The largest absolute Gasteiger partial charge is 0.347 e. The van der Waals surface area contributed by atoms with Crippen molar-refractivity contribution in [3.05, 3.63) is 29.6 Å². The summed E-state index contributed by atoms with van der Waals surface area (Å²) in [6.45, 7) is 2.84. The highest BCUT2D eigenvalue weighted by atomic mass is 32.2. The first kappa shape index (κ1) is 17.1. The Balaban J connectivity index is 3.19. The number of sulfonamides is 1.